The summed E-state index contributed by atoms with van der Waals surface area (Å²) in [7, 11) is 0. The van der Waals surface area contributed by atoms with Crippen molar-refractivity contribution in [3.8, 4) is 0 Å². The van der Waals surface area contributed by atoms with Gasteiger partial charge in [-0.05, 0) is 24.8 Å². The van der Waals surface area contributed by atoms with Gasteiger partial charge < -0.3 is 15.0 Å². The number of hydrogen-bond acceptors (Lipinski definition) is 3. The second-order valence-corrected chi connectivity index (χ2v) is 7.19. The monoisotopic (exact) mass is 328 g/mol. The lowest BCUT2D eigenvalue weighted by Gasteiger charge is -2.23. The van der Waals surface area contributed by atoms with E-state index in [0.717, 1.165) is 25.9 Å². The molecule has 3 aliphatic rings. The highest BCUT2D eigenvalue weighted by Crippen LogP contribution is 2.45. The molecule has 2 heterocycles. The summed E-state index contributed by atoms with van der Waals surface area (Å²) >= 11 is 0. The Kier molecular flexibility index (Phi) is 4.27. The van der Waals surface area contributed by atoms with Crippen LogP contribution in [0.25, 0.3) is 0 Å². The Bertz CT molecular complexity index is 612. The normalized spacial score (nSPS) is 32.7. The summed E-state index contributed by atoms with van der Waals surface area (Å²) in [6.45, 7) is 1.91. The predicted octanol–water partition coefficient (Wildman–Crippen LogP) is 1.69. The first-order chi connectivity index (χ1) is 11.7. The van der Waals surface area contributed by atoms with Gasteiger partial charge in [0.05, 0.1) is 18.6 Å². The first-order valence-electron chi connectivity index (χ1n) is 8.95. The van der Waals surface area contributed by atoms with Crippen LogP contribution in [0.5, 0.6) is 0 Å². The van der Waals surface area contributed by atoms with E-state index < -0.39 is 0 Å². The molecule has 1 aromatic carbocycles. The third-order valence-electron chi connectivity index (χ3n) is 5.42. The average molecular weight is 328 g/mol. The van der Waals surface area contributed by atoms with Crippen molar-refractivity contribution < 1.29 is 14.3 Å². The SMILES string of the molecule is O=C(N[C@@H]1CC(=O)N([C@@H]2C[C@@H]2c2ccccc2)C1)[C@H]1CCCOC1. The van der Waals surface area contributed by atoms with Crippen LogP contribution in [0.4, 0.5) is 0 Å². The first kappa shape index (κ1) is 15.6. The molecule has 1 saturated carbocycles. The number of likely N-dealkylation sites (tertiary alicyclic amines) is 1. The molecular formula is C19H24N2O3. The van der Waals surface area contributed by atoms with Crippen molar-refractivity contribution in [1.29, 1.82) is 0 Å². The molecule has 1 aliphatic carbocycles. The summed E-state index contributed by atoms with van der Waals surface area (Å²) in [6.07, 6.45) is 3.29. The maximum Gasteiger partial charge on any atom is 0.225 e. The fourth-order valence-electron chi connectivity index (χ4n) is 4.00. The highest BCUT2D eigenvalue weighted by atomic mass is 16.5. The van der Waals surface area contributed by atoms with Crippen molar-refractivity contribution in [3.05, 3.63) is 35.9 Å². The summed E-state index contributed by atoms with van der Waals surface area (Å²) in [6, 6.07) is 10.6. The van der Waals surface area contributed by atoms with Crippen LogP contribution < -0.4 is 5.32 Å². The molecule has 0 unspecified atom stereocenters. The molecule has 0 spiro atoms. The number of carbonyl (C=O) groups excluding carboxylic acids is 2. The molecular weight excluding hydrogens is 304 g/mol. The summed E-state index contributed by atoms with van der Waals surface area (Å²) in [5, 5.41) is 3.06. The molecule has 5 nitrogen and oxygen atoms in total. The number of carbonyl (C=O) groups is 2. The molecule has 0 aromatic heterocycles. The van der Waals surface area contributed by atoms with Gasteiger partial charge in [0.25, 0.3) is 0 Å². The van der Waals surface area contributed by atoms with Gasteiger partial charge >= 0.3 is 0 Å². The van der Waals surface area contributed by atoms with Gasteiger partial charge in [-0.25, -0.2) is 0 Å². The van der Waals surface area contributed by atoms with E-state index in [2.05, 4.69) is 17.4 Å². The van der Waals surface area contributed by atoms with Crippen molar-refractivity contribution in [2.24, 2.45) is 5.92 Å². The molecule has 5 heteroatoms. The van der Waals surface area contributed by atoms with Gasteiger partial charge in [0, 0.05) is 31.5 Å². The van der Waals surface area contributed by atoms with Gasteiger partial charge in [0.2, 0.25) is 11.8 Å². The Hall–Kier alpha value is -1.88. The lowest BCUT2D eigenvalue weighted by molar-refractivity contribution is -0.129. The van der Waals surface area contributed by atoms with Gasteiger partial charge in [-0.2, -0.15) is 0 Å². The maximum absolute atomic E-state index is 12.4. The fourth-order valence-corrected chi connectivity index (χ4v) is 4.00. The van der Waals surface area contributed by atoms with Gasteiger partial charge in [-0.1, -0.05) is 30.3 Å². The summed E-state index contributed by atoms with van der Waals surface area (Å²) in [5.74, 6) is 0.616. The molecule has 0 radical (unpaired) electrons. The Balaban J connectivity index is 1.32. The average Bonchev–Trinajstić information content (AvgIpc) is 3.33. The van der Waals surface area contributed by atoms with Crippen molar-refractivity contribution in [3.63, 3.8) is 0 Å². The molecule has 3 fully saturated rings. The minimum absolute atomic E-state index is 0.0461. The van der Waals surface area contributed by atoms with E-state index >= 15 is 0 Å². The Morgan fingerprint density at radius 2 is 2.08 bits per heavy atom. The zero-order valence-corrected chi connectivity index (χ0v) is 13.8. The topological polar surface area (TPSA) is 58.6 Å². The number of benzene rings is 1. The highest BCUT2D eigenvalue weighted by molar-refractivity contribution is 5.83. The Labute approximate surface area is 142 Å². The lowest BCUT2D eigenvalue weighted by atomic mass is 10.0. The van der Waals surface area contributed by atoms with E-state index in [0.29, 0.717) is 31.5 Å². The smallest absolute Gasteiger partial charge is 0.225 e. The molecule has 4 atom stereocenters. The van der Waals surface area contributed by atoms with Crippen LogP contribution in [0.2, 0.25) is 0 Å². The number of nitrogens with zero attached hydrogens (tertiary/aromatic N) is 1. The fraction of sp³-hybridized carbons (Fsp3) is 0.579. The highest BCUT2D eigenvalue weighted by Gasteiger charge is 2.48. The van der Waals surface area contributed by atoms with Gasteiger partial charge in [0.1, 0.15) is 0 Å². The second-order valence-electron chi connectivity index (χ2n) is 7.19. The number of rotatable bonds is 4. The predicted molar refractivity (Wildman–Crippen MR) is 89.4 cm³/mol. The molecule has 4 rings (SSSR count). The Morgan fingerprint density at radius 1 is 1.25 bits per heavy atom. The molecule has 2 amide bonds. The molecule has 128 valence electrons. The second kappa shape index (κ2) is 6.55. The summed E-state index contributed by atoms with van der Waals surface area (Å²) < 4.78 is 5.38. The summed E-state index contributed by atoms with van der Waals surface area (Å²) in [5.41, 5.74) is 1.31. The minimum atomic E-state index is -0.0547. The standard InChI is InChI=1S/C19H24N2O3/c22-18-9-15(20-19(23)14-7-4-8-24-12-14)11-21(18)17-10-16(17)13-5-2-1-3-6-13/h1-3,5-6,14-17H,4,7-12H2,(H,20,23)/t14-,15+,16+,17+/m0/s1. The number of amides is 2. The van der Waals surface area contributed by atoms with Crippen LogP contribution in [0.3, 0.4) is 0 Å². The maximum atomic E-state index is 12.4. The molecule has 1 N–H and O–H groups in total. The van der Waals surface area contributed by atoms with E-state index in [1.807, 2.05) is 23.1 Å². The van der Waals surface area contributed by atoms with Gasteiger partial charge in [-0.15, -0.1) is 0 Å². The van der Waals surface area contributed by atoms with E-state index in [1.165, 1.54) is 5.56 Å². The molecule has 24 heavy (non-hydrogen) atoms. The van der Waals surface area contributed by atoms with E-state index in [4.69, 9.17) is 4.74 Å². The zero-order valence-electron chi connectivity index (χ0n) is 13.8. The van der Waals surface area contributed by atoms with Gasteiger partial charge in [-0.3, -0.25) is 9.59 Å². The van der Waals surface area contributed by atoms with Crippen molar-refractivity contribution >= 4 is 11.8 Å². The van der Waals surface area contributed by atoms with Crippen LogP contribution in [0.1, 0.15) is 37.2 Å². The van der Waals surface area contributed by atoms with Crippen LogP contribution >= 0.6 is 0 Å². The van der Waals surface area contributed by atoms with Crippen LogP contribution in [-0.2, 0) is 14.3 Å². The minimum Gasteiger partial charge on any atom is -0.381 e. The third-order valence-corrected chi connectivity index (χ3v) is 5.42. The van der Waals surface area contributed by atoms with E-state index in [1.54, 1.807) is 0 Å². The lowest BCUT2D eigenvalue weighted by Crippen LogP contribution is -2.43. The van der Waals surface area contributed by atoms with Crippen LogP contribution in [0, 0.1) is 5.92 Å². The molecule has 0 bridgehead atoms. The first-order valence-corrected chi connectivity index (χ1v) is 8.95. The van der Waals surface area contributed by atoms with E-state index in [9.17, 15) is 9.59 Å². The number of hydrogen-bond donors (Lipinski definition) is 1. The van der Waals surface area contributed by atoms with Crippen LogP contribution in [-0.4, -0.2) is 48.6 Å². The summed E-state index contributed by atoms with van der Waals surface area (Å²) in [4.78, 5) is 26.6. The van der Waals surface area contributed by atoms with Crippen molar-refractivity contribution in [2.75, 3.05) is 19.8 Å². The molecule has 1 aromatic rings. The number of ether oxygens (including phenoxy) is 1. The quantitative estimate of drug-likeness (QED) is 0.915. The number of nitrogens with one attached hydrogen (secondary N) is 1. The van der Waals surface area contributed by atoms with Crippen LogP contribution in [0.15, 0.2) is 30.3 Å². The molecule has 2 aliphatic heterocycles. The largest absolute Gasteiger partial charge is 0.381 e. The Morgan fingerprint density at radius 3 is 2.83 bits per heavy atom. The van der Waals surface area contributed by atoms with Crippen molar-refractivity contribution in [2.45, 2.75) is 43.7 Å². The zero-order chi connectivity index (χ0) is 16.5. The molecule has 2 saturated heterocycles. The third kappa shape index (κ3) is 3.18. The van der Waals surface area contributed by atoms with Gasteiger partial charge in [0.15, 0.2) is 0 Å². The van der Waals surface area contributed by atoms with E-state index in [-0.39, 0.29) is 23.8 Å². The van der Waals surface area contributed by atoms with Crippen molar-refractivity contribution in [1.82, 2.24) is 10.2 Å².